The molecule has 2 amide bonds. The summed E-state index contributed by atoms with van der Waals surface area (Å²) in [5.74, 6) is 0. The van der Waals surface area contributed by atoms with Crippen LogP contribution in [0.5, 0.6) is 0 Å². The number of halogens is 1. The standard InChI is InChI=1S/CH4N2O.BrH.Ca.2H/c2-1(3)4;;;;/h(H4,2,3,4);1H;;;. The molecular weight excluding hydrogens is 176 g/mol. The fourth-order valence-electron chi connectivity index (χ4n) is 0. The van der Waals surface area contributed by atoms with Gasteiger partial charge in [-0.1, -0.05) is 0 Å². The molecule has 3 nitrogen and oxygen atoms in total. The second-order valence-corrected chi connectivity index (χ2v) is 0.402. The number of hydrogen-bond donors (Lipinski definition) is 2. The Morgan fingerprint density at radius 1 is 1.33 bits per heavy atom. The average molecular weight is 183 g/mol. The summed E-state index contributed by atoms with van der Waals surface area (Å²) in [4.78, 5) is 9.00. The Bertz CT molecular complexity index is 36.5. The van der Waals surface area contributed by atoms with Crippen molar-refractivity contribution in [3.8, 4) is 0 Å². The van der Waals surface area contributed by atoms with E-state index in [0.717, 1.165) is 0 Å². The van der Waals surface area contributed by atoms with Crippen molar-refractivity contribution in [1.82, 2.24) is 0 Å². The summed E-state index contributed by atoms with van der Waals surface area (Å²) in [5, 5.41) is 0. The summed E-state index contributed by atoms with van der Waals surface area (Å²) in [6, 6.07) is -0.833. The van der Waals surface area contributed by atoms with Crippen LogP contribution in [0.25, 0.3) is 0 Å². The van der Waals surface area contributed by atoms with Crippen molar-refractivity contribution < 1.29 is 4.79 Å². The second kappa shape index (κ2) is 9.38. The van der Waals surface area contributed by atoms with E-state index in [1.165, 1.54) is 0 Å². The Morgan fingerprint density at radius 2 is 1.33 bits per heavy atom. The molecule has 5 heteroatoms. The Kier molecular flexibility index (Phi) is 24.6. The van der Waals surface area contributed by atoms with Crippen LogP contribution in [-0.4, -0.2) is 43.8 Å². The van der Waals surface area contributed by atoms with E-state index in [0.29, 0.717) is 0 Å². The Morgan fingerprint density at radius 3 is 1.33 bits per heavy atom. The molecule has 0 aliphatic carbocycles. The molecule has 0 fully saturated rings. The zero-order valence-corrected chi connectivity index (χ0v) is 4.18. The number of nitrogens with two attached hydrogens (primary N) is 2. The normalized spacial score (nSPS) is 4.00. The molecule has 0 aliphatic rings. The van der Waals surface area contributed by atoms with Gasteiger partial charge in [-0.3, -0.25) is 0 Å². The van der Waals surface area contributed by atoms with E-state index in [1.54, 1.807) is 0 Å². The van der Waals surface area contributed by atoms with Gasteiger partial charge < -0.3 is 11.5 Å². The van der Waals surface area contributed by atoms with Gasteiger partial charge in [-0.2, -0.15) is 0 Å². The summed E-state index contributed by atoms with van der Waals surface area (Å²) in [6.07, 6.45) is 0. The van der Waals surface area contributed by atoms with Gasteiger partial charge in [-0.15, -0.1) is 17.0 Å². The number of amides is 2. The summed E-state index contributed by atoms with van der Waals surface area (Å²) in [5.41, 5.74) is 8.50. The van der Waals surface area contributed by atoms with E-state index < -0.39 is 6.03 Å². The Hall–Kier alpha value is 1.01. The summed E-state index contributed by atoms with van der Waals surface area (Å²) in [7, 11) is 0. The average Bonchev–Trinajstić information content (AvgIpc) is 0.811. The van der Waals surface area contributed by atoms with Crippen molar-refractivity contribution in [2.75, 3.05) is 0 Å². The van der Waals surface area contributed by atoms with Crippen LogP contribution in [0.2, 0.25) is 0 Å². The molecule has 36 valence electrons. The predicted molar refractivity (Wildman–Crippen MR) is 32.6 cm³/mol. The van der Waals surface area contributed by atoms with Crippen molar-refractivity contribution in [3.05, 3.63) is 0 Å². The third kappa shape index (κ3) is 79.0. The van der Waals surface area contributed by atoms with Crippen molar-refractivity contribution in [3.63, 3.8) is 0 Å². The van der Waals surface area contributed by atoms with Crippen molar-refractivity contribution >= 4 is 60.8 Å². The van der Waals surface area contributed by atoms with E-state index in [1.807, 2.05) is 0 Å². The molecule has 0 saturated heterocycles. The third-order valence-electron chi connectivity index (χ3n) is 0. The van der Waals surface area contributed by atoms with Gasteiger partial charge in [-0.25, -0.2) is 4.79 Å². The number of carbonyl (C=O) groups excluding carboxylic acids is 1. The maximum atomic E-state index is 9.00. The van der Waals surface area contributed by atoms with Crippen LogP contribution in [0.15, 0.2) is 0 Å². The molecule has 0 radical (unpaired) electrons. The van der Waals surface area contributed by atoms with Gasteiger partial charge in [0.1, 0.15) is 0 Å². The molecule has 0 aromatic rings. The van der Waals surface area contributed by atoms with Crippen LogP contribution in [0.4, 0.5) is 4.79 Å². The van der Waals surface area contributed by atoms with Crippen LogP contribution >= 0.6 is 17.0 Å². The van der Waals surface area contributed by atoms with Gasteiger partial charge in [0, 0.05) is 0 Å². The summed E-state index contributed by atoms with van der Waals surface area (Å²) >= 11 is 0. The molecule has 0 aliphatic heterocycles. The quantitative estimate of drug-likeness (QED) is 0.449. The fourth-order valence-corrected chi connectivity index (χ4v) is 0. The second-order valence-electron chi connectivity index (χ2n) is 0.402. The summed E-state index contributed by atoms with van der Waals surface area (Å²) < 4.78 is 0. The first-order valence-corrected chi connectivity index (χ1v) is 0.781. The topological polar surface area (TPSA) is 69.1 Å². The third-order valence-corrected chi connectivity index (χ3v) is 0. The fraction of sp³-hybridized carbons (Fsp3) is 0. The van der Waals surface area contributed by atoms with Crippen LogP contribution in [0, 0.1) is 0 Å². The molecule has 0 rings (SSSR count). The Labute approximate surface area is 76.2 Å². The molecule has 0 saturated carbocycles. The van der Waals surface area contributed by atoms with E-state index in [4.69, 9.17) is 4.79 Å². The summed E-state index contributed by atoms with van der Waals surface area (Å²) in [6.45, 7) is 0. The van der Waals surface area contributed by atoms with Crippen LogP contribution < -0.4 is 11.5 Å². The van der Waals surface area contributed by atoms with E-state index in [9.17, 15) is 0 Å². The minimum absolute atomic E-state index is 0. The molecule has 4 N–H and O–H groups in total. The van der Waals surface area contributed by atoms with Crippen LogP contribution in [-0.2, 0) is 0 Å². The van der Waals surface area contributed by atoms with Gasteiger partial charge in [0.2, 0.25) is 0 Å². The first-order chi connectivity index (χ1) is 1.73. The molecule has 0 heterocycles. The molecule has 6 heavy (non-hydrogen) atoms. The number of rotatable bonds is 0. The molecule has 0 aromatic heterocycles. The molecule has 0 atom stereocenters. The van der Waals surface area contributed by atoms with Gasteiger partial charge in [0.05, 0.1) is 0 Å². The molecule has 0 bridgehead atoms. The van der Waals surface area contributed by atoms with Crippen molar-refractivity contribution in [2.24, 2.45) is 11.5 Å². The SMILES string of the molecule is Br.NC(N)=O.[CaH2]. The van der Waals surface area contributed by atoms with Gasteiger partial charge in [0.25, 0.3) is 0 Å². The van der Waals surface area contributed by atoms with Crippen LogP contribution in [0.3, 0.4) is 0 Å². The number of urea groups is 1. The van der Waals surface area contributed by atoms with E-state index in [2.05, 4.69) is 11.5 Å². The number of hydrogen-bond acceptors (Lipinski definition) is 1. The molecule has 0 aromatic carbocycles. The van der Waals surface area contributed by atoms with E-state index >= 15 is 0 Å². The van der Waals surface area contributed by atoms with Crippen molar-refractivity contribution in [1.29, 1.82) is 0 Å². The number of primary amides is 2. The molecular formula is CH7BrCaN2O. The van der Waals surface area contributed by atoms with Crippen molar-refractivity contribution in [2.45, 2.75) is 0 Å². The van der Waals surface area contributed by atoms with Gasteiger partial charge in [0.15, 0.2) is 0 Å². The zero-order chi connectivity index (χ0) is 3.58. The maximum absolute atomic E-state index is 9.00. The van der Waals surface area contributed by atoms with Gasteiger partial charge >= 0.3 is 43.8 Å². The monoisotopic (exact) mass is 182 g/mol. The van der Waals surface area contributed by atoms with Crippen LogP contribution in [0.1, 0.15) is 0 Å². The molecule has 0 unspecified atom stereocenters. The van der Waals surface area contributed by atoms with E-state index in [-0.39, 0.29) is 54.7 Å². The Balaban J connectivity index is -0.0000000450. The first-order valence-electron chi connectivity index (χ1n) is 0.781. The van der Waals surface area contributed by atoms with Gasteiger partial charge in [-0.05, 0) is 0 Å². The number of carbonyl (C=O) groups is 1. The zero-order valence-electron chi connectivity index (χ0n) is 2.47. The molecule has 0 spiro atoms. The predicted octanol–water partition coefficient (Wildman–Crippen LogP) is -1.31. The minimum atomic E-state index is -0.833. The first kappa shape index (κ1) is 15.7.